The fraction of sp³-hybridized carbons (Fsp3) is 0.353. The van der Waals surface area contributed by atoms with Crippen molar-refractivity contribution in [3.63, 3.8) is 0 Å². The SMILES string of the molecule is COCCNC(=O)C(=O)NNC(C)=CC(=O)Nc1cc(C)ccc1OC. The smallest absolute Gasteiger partial charge is 0.327 e. The van der Waals surface area contributed by atoms with Gasteiger partial charge in [-0.1, -0.05) is 6.07 Å². The summed E-state index contributed by atoms with van der Waals surface area (Å²) in [6.45, 7) is 3.98. The predicted octanol–water partition coefficient (Wildman–Crippen LogP) is 0.229. The average Bonchev–Trinajstić information content (AvgIpc) is 2.59. The van der Waals surface area contributed by atoms with Gasteiger partial charge < -0.3 is 25.5 Å². The first-order valence-electron chi connectivity index (χ1n) is 7.84. The van der Waals surface area contributed by atoms with E-state index in [4.69, 9.17) is 9.47 Å². The fourth-order valence-electron chi connectivity index (χ4n) is 1.88. The van der Waals surface area contributed by atoms with Crippen LogP contribution in [0.3, 0.4) is 0 Å². The number of anilines is 1. The molecule has 3 amide bonds. The molecule has 142 valence electrons. The lowest BCUT2D eigenvalue weighted by Gasteiger charge is -2.11. The van der Waals surface area contributed by atoms with Crippen molar-refractivity contribution in [3.05, 3.63) is 35.5 Å². The van der Waals surface area contributed by atoms with Gasteiger partial charge >= 0.3 is 11.8 Å². The normalized spacial score (nSPS) is 10.7. The lowest BCUT2D eigenvalue weighted by Crippen LogP contribution is -2.46. The molecule has 0 saturated carbocycles. The highest BCUT2D eigenvalue weighted by atomic mass is 16.5. The molecule has 0 bridgehead atoms. The number of aryl methyl sites for hydroxylation is 1. The lowest BCUT2D eigenvalue weighted by atomic mass is 10.2. The molecule has 0 fully saturated rings. The van der Waals surface area contributed by atoms with Gasteiger partial charge in [-0.05, 0) is 31.5 Å². The average molecular weight is 364 g/mol. The molecule has 0 aliphatic carbocycles. The number of methoxy groups -OCH3 is 2. The first-order chi connectivity index (χ1) is 12.4. The Labute approximate surface area is 152 Å². The molecule has 9 heteroatoms. The molecule has 0 atom stereocenters. The van der Waals surface area contributed by atoms with E-state index in [1.54, 1.807) is 19.1 Å². The van der Waals surface area contributed by atoms with E-state index in [1.165, 1.54) is 20.3 Å². The van der Waals surface area contributed by atoms with Crippen LogP contribution in [-0.4, -0.2) is 45.1 Å². The van der Waals surface area contributed by atoms with E-state index in [0.29, 0.717) is 23.7 Å². The monoisotopic (exact) mass is 364 g/mol. The Morgan fingerprint density at radius 1 is 1.12 bits per heavy atom. The molecule has 1 aromatic rings. The van der Waals surface area contributed by atoms with Crippen molar-refractivity contribution in [3.8, 4) is 5.75 Å². The number of benzene rings is 1. The number of hydrogen-bond acceptors (Lipinski definition) is 6. The van der Waals surface area contributed by atoms with Gasteiger partial charge in [-0.15, -0.1) is 0 Å². The summed E-state index contributed by atoms with van der Waals surface area (Å²) in [6, 6.07) is 5.39. The van der Waals surface area contributed by atoms with Crippen LogP contribution in [0, 0.1) is 6.92 Å². The van der Waals surface area contributed by atoms with Crippen molar-refractivity contribution in [2.75, 3.05) is 32.7 Å². The van der Waals surface area contributed by atoms with Crippen LogP contribution in [-0.2, 0) is 19.1 Å². The topological polar surface area (TPSA) is 118 Å². The number of carbonyl (C=O) groups is 3. The zero-order valence-corrected chi connectivity index (χ0v) is 15.3. The molecular formula is C17H24N4O5. The highest BCUT2D eigenvalue weighted by molar-refractivity contribution is 6.34. The van der Waals surface area contributed by atoms with Gasteiger partial charge in [-0.25, -0.2) is 0 Å². The van der Waals surface area contributed by atoms with Crippen molar-refractivity contribution in [2.24, 2.45) is 0 Å². The Balaban J connectivity index is 2.54. The van der Waals surface area contributed by atoms with Crippen LogP contribution in [0.4, 0.5) is 5.69 Å². The van der Waals surface area contributed by atoms with Gasteiger partial charge in [-0.3, -0.25) is 19.8 Å². The van der Waals surface area contributed by atoms with E-state index in [2.05, 4.69) is 21.5 Å². The Hall–Kier alpha value is -3.07. The van der Waals surface area contributed by atoms with Crippen LogP contribution in [0.5, 0.6) is 5.75 Å². The summed E-state index contributed by atoms with van der Waals surface area (Å²) in [5.41, 5.74) is 6.52. The van der Waals surface area contributed by atoms with Gasteiger partial charge in [0.1, 0.15) is 5.75 Å². The number of amides is 3. The zero-order valence-electron chi connectivity index (χ0n) is 15.3. The molecule has 0 unspecified atom stereocenters. The summed E-state index contributed by atoms with van der Waals surface area (Å²) in [6.07, 6.45) is 1.24. The zero-order chi connectivity index (χ0) is 19.5. The standard InChI is InChI=1S/C17H24N4O5/c1-11-5-6-14(26-4)13(9-11)19-15(22)10-12(2)20-21-17(24)16(23)18-7-8-25-3/h5-6,9-10,20H,7-8H2,1-4H3,(H,18,23)(H,19,22)(H,21,24). The van der Waals surface area contributed by atoms with Gasteiger partial charge in [0.15, 0.2) is 0 Å². The van der Waals surface area contributed by atoms with E-state index in [9.17, 15) is 14.4 Å². The minimum atomic E-state index is -0.880. The molecule has 0 spiro atoms. The lowest BCUT2D eigenvalue weighted by molar-refractivity contribution is -0.139. The molecule has 26 heavy (non-hydrogen) atoms. The number of ether oxygens (including phenoxy) is 2. The van der Waals surface area contributed by atoms with Crippen molar-refractivity contribution < 1.29 is 23.9 Å². The van der Waals surface area contributed by atoms with Crippen molar-refractivity contribution in [1.29, 1.82) is 0 Å². The number of hydrogen-bond donors (Lipinski definition) is 4. The van der Waals surface area contributed by atoms with E-state index < -0.39 is 17.7 Å². The summed E-state index contributed by atoms with van der Waals surface area (Å²) < 4.78 is 9.95. The second-order valence-electron chi connectivity index (χ2n) is 5.35. The summed E-state index contributed by atoms with van der Waals surface area (Å²) in [4.78, 5) is 35.1. The number of allylic oxidation sites excluding steroid dienone is 1. The third-order valence-corrected chi connectivity index (χ3v) is 3.13. The molecule has 4 N–H and O–H groups in total. The summed E-state index contributed by atoms with van der Waals surface area (Å²) in [7, 11) is 3.00. The summed E-state index contributed by atoms with van der Waals surface area (Å²) in [5.74, 6) is -1.58. The Bertz CT molecular complexity index is 688. The van der Waals surface area contributed by atoms with Crippen molar-refractivity contribution in [2.45, 2.75) is 13.8 Å². The molecule has 1 rings (SSSR count). The number of nitrogens with one attached hydrogen (secondary N) is 4. The second kappa shape index (κ2) is 10.7. The predicted molar refractivity (Wildman–Crippen MR) is 96.3 cm³/mol. The Morgan fingerprint density at radius 2 is 1.85 bits per heavy atom. The maximum absolute atomic E-state index is 12.1. The van der Waals surface area contributed by atoms with Gasteiger partial charge in [-0.2, -0.15) is 0 Å². The minimum absolute atomic E-state index is 0.221. The molecule has 0 radical (unpaired) electrons. The van der Waals surface area contributed by atoms with Crippen LogP contribution in [0.25, 0.3) is 0 Å². The summed E-state index contributed by atoms with van der Waals surface area (Å²) in [5, 5.41) is 5.06. The largest absolute Gasteiger partial charge is 0.495 e. The number of hydrazine groups is 1. The molecule has 0 aliphatic rings. The maximum Gasteiger partial charge on any atom is 0.327 e. The third-order valence-electron chi connectivity index (χ3n) is 3.13. The molecule has 0 aromatic heterocycles. The molecule has 1 aromatic carbocycles. The highest BCUT2D eigenvalue weighted by Gasteiger charge is 2.12. The first-order valence-corrected chi connectivity index (χ1v) is 7.84. The molecular weight excluding hydrogens is 340 g/mol. The van der Waals surface area contributed by atoms with Gasteiger partial charge in [0.05, 0.1) is 19.4 Å². The van der Waals surface area contributed by atoms with Gasteiger partial charge in [0, 0.05) is 25.4 Å². The Morgan fingerprint density at radius 3 is 2.50 bits per heavy atom. The highest BCUT2D eigenvalue weighted by Crippen LogP contribution is 2.25. The van der Waals surface area contributed by atoms with Crippen LogP contribution in [0.1, 0.15) is 12.5 Å². The van der Waals surface area contributed by atoms with Crippen molar-refractivity contribution in [1.82, 2.24) is 16.2 Å². The van der Waals surface area contributed by atoms with Crippen LogP contribution >= 0.6 is 0 Å². The van der Waals surface area contributed by atoms with E-state index in [1.807, 2.05) is 13.0 Å². The van der Waals surface area contributed by atoms with E-state index in [-0.39, 0.29) is 6.54 Å². The summed E-state index contributed by atoms with van der Waals surface area (Å²) >= 11 is 0. The first kappa shape index (κ1) is 21.0. The van der Waals surface area contributed by atoms with Crippen LogP contribution in [0.2, 0.25) is 0 Å². The maximum atomic E-state index is 12.1. The molecule has 0 heterocycles. The van der Waals surface area contributed by atoms with Gasteiger partial charge in [0.25, 0.3) is 0 Å². The van der Waals surface area contributed by atoms with Crippen molar-refractivity contribution >= 4 is 23.4 Å². The number of rotatable bonds is 8. The van der Waals surface area contributed by atoms with E-state index in [0.717, 1.165) is 5.56 Å². The van der Waals surface area contributed by atoms with E-state index >= 15 is 0 Å². The number of carbonyl (C=O) groups excluding carboxylic acids is 3. The fourth-order valence-corrected chi connectivity index (χ4v) is 1.88. The van der Waals surface area contributed by atoms with Gasteiger partial charge in [0.2, 0.25) is 5.91 Å². The van der Waals surface area contributed by atoms with Crippen LogP contribution in [0.15, 0.2) is 30.0 Å². The molecule has 0 aliphatic heterocycles. The molecule has 9 nitrogen and oxygen atoms in total. The minimum Gasteiger partial charge on any atom is -0.495 e. The third kappa shape index (κ3) is 7.22. The van der Waals surface area contributed by atoms with Crippen LogP contribution < -0.4 is 26.2 Å². The molecule has 0 saturated heterocycles. The second-order valence-corrected chi connectivity index (χ2v) is 5.35. The Kier molecular flexibility index (Phi) is 8.65. The quantitative estimate of drug-likeness (QED) is 0.227.